The van der Waals surface area contributed by atoms with E-state index in [0.717, 1.165) is 84.1 Å². The van der Waals surface area contributed by atoms with Crippen molar-refractivity contribution in [3.63, 3.8) is 0 Å². The lowest BCUT2D eigenvalue weighted by atomic mass is 9.85. The standard InChI is InChI=1S/C48H38N4/c49-38-25-21-35(22-26-38)43-29-30-44(50)48(37-24-28-42(34-15-7-2-8-16-34)46(32-37)52-40-19-11-4-12-20-40)47(43)36-23-27-41(33-13-5-1-6-14-33)45(31-36)51-39-17-9-3-10-18-39/h1-32,51-52H,49-50H2. The molecule has 0 amide bonds. The van der Waals surface area contributed by atoms with E-state index in [1.807, 2.05) is 66.7 Å². The van der Waals surface area contributed by atoms with Crippen LogP contribution in [0.3, 0.4) is 0 Å². The lowest BCUT2D eigenvalue weighted by Gasteiger charge is -2.22. The second-order valence-corrected chi connectivity index (χ2v) is 12.8. The van der Waals surface area contributed by atoms with E-state index < -0.39 is 0 Å². The van der Waals surface area contributed by atoms with Gasteiger partial charge in [0.25, 0.3) is 0 Å². The van der Waals surface area contributed by atoms with Gasteiger partial charge in [0.1, 0.15) is 0 Å². The van der Waals surface area contributed by atoms with Crippen LogP contribution in [0.2, 0.25) is 0 Å². The maximum absolute atomic E-state index is 7.04. The molecule has 0 aliphatic rings. The SMILES string of the molecule is Nc1ccc(-c2ccc(N)c(-c3ccc(-c4ccccc4)c(Nc4ccccc4)c3)c2-c2ccc(-c3ccccc3)c(Nc3ccccc3)c2)cc1. The highest BCUT2D eigenvalue weighted by molar-refractivity contribution is 6.02. The zero-order chi connectivity index (χ0) is 35.3. The third kappa shape index (κ3) is 6.74. The van der Waals surface area contributed by atoms with Crippen LogP contribution in [-0.4, -0.2) is 0 Å². The first kappa shape index (κ1) is 32.2. The highest BCUT2D eigenvalue weighted by Gasteiger charge is 2.20. The minimum absolute atomic E-state index is 0.692. The molecule has 0 spiro atoms. The molecule has 8 rings (SSSR count). The Kier molecular flexibility index (Phi) is 8.94. The number of nitrogens with two attached hydrogens (primary N) is 2. The maximum atomic E-state index is 7.04. The maximum Gasteiger partial charge on any atom is 0.0470 e. The largest absolute Gasteiger partial charge is 0.399 e. The van der Waals surface area contributed by atoms with Crippen LogP contribution in [0.1, 0.15) is 0 Å². The molecule has 0 radical (unpaired) electrons. The minimum Gasteiger partial charge on any atom is -0.399 e. The van der Waals surface area contributed by atoms with Crippen molar-refractivity contribution in [1.82, 2.24) is 0 Å². The van der Waals surface area contributed by atoms with Gasteiger partial charge in [-0.05, 0) is 93.5 Å². The van der Waals surface area contributed by atoms with E-state index in [4.69, 9.17) is 11.5 Å². The zero-order valence-electron chi connectivity index (χ0n) is 28.6. The molecule has 0 saturated heterocycles. The van der Waals surface area contributed by atoms with Crippen LogP contribution >= 0.6 is 0 Å². The fourth-order valence-corrected chi connectivity index (χ4v) is 6.83. The summed E-state index contributed by atoms with van der Waals surface area (Å²) in [5, 5.41) is 7.44. The van der Waals surface area contributed by atoms with Gasteiger partial charge in [-0.3, -0.25) is 0 Å². The van der Waals surface area contributed by atoms with Crippen molar-refractivity contribution >= 4 is 34.1 Å². The third-order valence-electron chi connectivity index (χ3n) is 9.35. The lowest BCUT2D eigenvalue weighted by molar-refractivity contribution is 1.50. The van der Waals surface area contributed by atoms with E-state index in [2.05, 4.69) is 138 Å². The molecule has 8 aromatic rings. The van der Waals surface area contributed by atoms with Gasteiger partial charge in [-0.15, -0.1) is 0 Å². The highest BCUT2D eigenvalue weighted by atomic mass is 14.9. The van der Waals surface area contributed by atoms with Gasteiger partial charge in [0.2, 0.25) is 0 Å². The van der Waals surface area contributed by atoms with E-state index in [1.54, 1.807) is 0 Å². The summed E-state index contributed by atoms with van der Waals surface area (Å²) in [4.78, 5) is 0. The summed E-state index contributed by atoms with van der Waals surface area (Å²) in [5.41, 5.74) is 29.3. The quantitative estimate of drug-likeness (QED) is 0.115. The molecule has 8 aromatic carbocycles. The van der Waals surface area contributed by atoms with Crippen molar-refractivity contribution in [2.45, 2.75) is 0 Å². The van der Waals surface area contributed by atoms with Crippen molar-refractivity contribution in [2.24, 2.45) is 0 Å². The molecular weight excluding hydrogens is 633 g/mol. The first-order chi connectivity index (χ1) is 25.6. The van der Waals surface area contributed by atoms with E-state index in [-0.39, 0.29) is 0 Å². The normalized spacial score (nSPS) is 10.8. The molecule has 0 saturated carbocycles. The molecule has 0 fully saturated rings. The van der Waals surface area contributed by atoms with Crippen molar-refractivity contribution in [1.29, 1.82) is 0 Å². The Morgan fingerprint density at radius 2 is 0.692 bits per heavy atom. The van der Waals surface area contributed by atoms with Crippen LogP contribution in [0.4, 0.5) is 34.1 Å². The van der Waals surface area contributed by atoms with Gasteiger partial charge in [-0.2, -0.15) is 0 Å². The minimum atomic E-state index is 0.692. The number of anilines is 6. The Morgan fingerprint density at radius 3 is 1.17 bits per heavy atom. The topological polar surface area (TPSA) is 76.1 Å². The van der Waals surface area contributed by atoms with Gasteiger partial charge in [-0.25, -0.2) is 0 Å². The van der Waals surface area contributed by atoms with Gasteiger partial charge in [-0.1, -0.05) is 140 Å². The number of para-hydroxylation sites is 2. The Bertz CT molecular complexity index is 2440. The molecule has 250 valence electrons. The van der Waals surface area contributed by atoms with Crippen molar-refractivity contribution < 1.29 is 0 Å². The highest BCUT2D eigenvalue weighted by Crippen LogP contribution is 2.47. The number of rotatable bonds is 9. The Balaban J connectivity index is 1.37. The average molecular weight is 671 g/mol. The van der Waals surface area contributed by atoms with Gasteiger partial charge in [0.15, 0.2) is 0 Å². The van der Waals surface area contributed by atoms with Crippen LogP contribution in [0.15, 0.2) is 194 Å². The van der Waals surface area contributed by atoms with Crippen LogP contribution in [0, 0.1) is 0 Å². The molecule has 0 bridgehead atoms. The molecule has 0 aliphatic carbocycles. The number of nitrogens with one attached hydrogen (secondary N) is 2. The summed E-state index contributed by atoms with van der Waals surface area (Å²) < 4.78 is 0. The van der Waals surface area contributed by atoms with Crippen molar-refractivity contribution in [3.05, 3.63) is 194 Å². The molecule has 6 N–H and O–H groups in total. The van der Waals surface area contributed by atoms with Gasteiger partial charge in [0.05, 0.1) is 0 Å². The number of benzene rings is 8. The van der Waals surface area contributed by atoms with E-state index in [9.17, 15) is 0 Å². The number of hydrogen-bond donors (Lipinski definition) is 4. The van der Waals surface area contributed by atoms with Crippen LogP contribution in [0.25, 0.3) is 55.6 Å². The fourth-order valence-electron chi connectivity index (χ4n) is 6.83. The van der Waals surface area contributed by atoms with Crippen molar-refractivity contribution in [3.8, 4) is 55.6 Å². The lowest BCUT2D eigenvalue weighted by Crippen LogP contribution is -2.00. The number of nitrogen functional groups attached to an aromatic ring is 2. The monoisotopic (exact) mass is 670 g/mol. The molecule has 0 unspecified atom stereocenters. The van der Waals surface area contributed by atoms with E-state index in [1.165, 1.54) is 0 Å². The van der Waals surface area contributed by atoms with E-state index >= 15 is 0 Å². The Labute approximate surface area is 305 Å². The second-order valence-electron chi connectivity index (χ2n) is 12.8. The summed E-state index contributed by atoms with van der Waals surface area (Å²) in [6.45, 7) is 0. The summed E-state index contributed by atoms with van der Waals surface area (Å²) >= 11 is 0. The average Bonchev–Trinajstić information content (AvgIpc) is 3.19. The Morgan fingerprint density at radius 1 is 0.308 bits per heavy atom. The summed E-state index contributed by atoms with van der Waals surface area (Å²) in [6, 6.07) is 67.0. The van der Waals surface area contributed by atoms with E-state index in [0.29, 0.717) is 5.69 Å². The first-order valence-corrected chi connectivity index (χ1v) is 17.4. The van der Waals surface area contributed by atoms with Gasteiger partial charge in [0, 0.05) is 50.8 Å². The summed E-state index contributed by atoms with van der Waals surface area (Å²) in [6.07, 6.45) is 0. The molecule has 0 atom stereocenters. The zero-order valence-corrected chi connectivity index (χ0v) is 28.6. The fraction of sp³-hybridized carbons (Fsp3) is 0. The molecule has 0 heterocycles. The smallest absolute Gasteiger partial charge is 0.0470 e. The molecule has 52 heavy (non-hydrogen) atoms. The van der Waals surface area contributed by atoms with Crippen molar-refractivity contribution in [2.75, 3.05) is 22.1 Å². The third-order valence-corrected chi connectivity index (χ3v) is 9.35. The Hall–Kier alpha value is -7.04. The van der Waals surface area contributed by atoms with Gasteiger partial charge < -0.3 is 22.1 Å². The summed E-state index contributed by atoms with van der Waals surface area (Å²) in [7, 11) is 0. The molecular formula is C48H38N4. The number of hydrogen-bond acceptors (Lipinski definition) is 4. The predicted octanol–water partition coefficient (Wildman–Crippen LogP) is 12.7. The molecule has 4 heteroatoms. The first-order valence-electron chi connectivity index (χ1n) is 17.4. The molecule has 0 aromatic heterocycles. The second kappa shape index (κ2) is 14.4. The van der Waals surface area contributed by atoms with Crippen LogP contribution in [0.5, 0.6) is 0 Å². The molecule has 0 aliphatic heterocycles. The predicted molar refractivity (Wildman–Crippen MR) is 222 cm³/mol. The van der Waals surface area contributed by atoms with Crippen LogP contribution in [-0.2, 0) is 0 Å². The molecule has 4 nitrogen and oxygen atoms in total. The summed E-state index contributed by atoms with van der Waals surface area (Å²) in [5.74, 6) is 0. The van der Waals surface area contributed by atoms with Crippen LogP contribution < -0.4 is 22.1 Å². The van der Waals surface area contributed by atoms with Gasteiger partial charge >= 0.3 is 0 Å².